The molecule has 2 rings (SSSR count). The van der Waals surface area contributed by atoms with Crippen molar-refractivity contribution in [3.05, 3.63) is 39.2 Å². The molecule has 0 fully saturated rings. The Bertz CT molecular complexity index is 501. The molecule has 0 spiro atoms. The fourth-order valence-corrected chi connectivity index (χ4v) is 1.83. The van der Waals surface area contributed by atoms with Crippen LogP contribution in [0.2, 0.25) is 0 Å². The molecule has 1 N–H and O–H groups in total. The number of aromatic nitrogens is 1. The first kappa shape index (κ1) is 12.3. The number of halogens is 2. The van der Waals surface area contributed by atoms with Gasteiger partial charge in [-0.1, -0.05) is 0 Å². The predicted octanol–water partition coefficient (Wildman–Crippen LogP) is 1.96. The third-order valence-electron chi connectivity index (χ3n) is 2.05. The highest BCUT2D eigenvalue weighted by molar-refractivity contribution is 9.12. The molecule has 5 nitrogen and oxygen atoms in total. The molecule has 0 atom stereocenters. The number of hydrogen-bond donors (Lipinski definition) is 1. The van der Waals surface area contributed by atoms with E-state index in [1.54, 1.807) is 23.7 Å². The summed E-state index contributed by atoms with van der Waals surface area (Å²) in [4.78, 5) is 19.5. The lowest BCUT2D eigenvalue weighted by Gasteiger charge is -2.19. The van der Waals surface area contributed by atoms with Crippen LogP contribution in [0.1, 0.15) is 5.56 Å². The van der Waals surface area contributed by atoms with Crippen molar-refractivity contribution in [2.24, 2.45) is 4.99 Å². The maximum atomic E-state index is 11.5. The second kappa shape index (κ2) is 5.42. The predicted molar refractivity (Wildman–Crippen MR) is 71.1 cm³/mol. The van der Waals surface area contributed by atoms with Gasteiger partial charge >= 0.3 is 0 Å². The lowest BCUT2D eigenvalue weighted by Crippen LogP contribution is -2.40. The minimum atomic E-state index is -0.229. The maximum absolute atomic E-state index is 11.5. The van der Waals surface area contributed by atoms with E-state index in [4.69, 9.17) is 0 Å². The van der Waals surface area contributed by atoms with Crippen molar-refractivity contribution >= 4 is 44.1 Å². The molecule has 7 heteroatoms. The van der Waals surface area contributed by atoms with E-state index >= 15 is 0 Å². The van der Waals surface area contributed by atoms with Crippen molar-refractivity contribution in [3.8, 4) is 0 Å². The van der Waals surface area contributed by atoms with Gasteiger partial charge in [0.15, 0.2) is 0 Å². The zero-order chi connectivity index (χ0) is 12.3. The molecule has 0 aliphatic carbocycles. The Balaban J connectivity index is 2.11. The number of carbonyl (C=O) groups excluding carboxylic acids is 1. The van der Waals surface area contributed by atoms with Crippen LogP contribution in [0.3, 0.4) is 0 Å². The average Bonchev–Trinajstić information content (AvgIpc) is 2.45. The number of aliphatic imine (C=N–C) groups is 1. The zero-order valence-electron chi connectivity index (χ0n) is 8.60. The summed E-state index contributed by atoms with van der Waals surface area (Å²) in [7, 11) is 0. The third kappa shape index (κ3) is 3.13. The monoisotopic (exact) mass is 358 g/mol. The van der Waals surface area contributed by atoms with Crippen molar-refractivity contribution in [3.63, 3.8) is 0 Å². The van der Waals surface area contributed by atoms with E-state index in [2.05, 4.69) is 47.3 Å². The van der Waals surface area contributed by atoms with Crippen molar-refractivity contribution in [2.75, 3.05) is 0 Å². The second-order valence-electron chi connectivity index (χ2n) is 3.28. The van der Waals surface area contributed by atoms with Gasteiger partial charge in [0.05, 0.1) is 6.54 Å². The van der Waals surface area contributed by atoms with Gasteiger partial charge in [-0.25, -0.2) is 4.99 Å². The SMILES string of the molecule is O=C1NN(Cc2ccncc2Br)C=NC=C1Br. The number of nitrogens with one attached hydrogen (secondary N) is 1. The summed E-state index contributed by atoms with van der Waals surface area (Å²) >= 11 is 6.52. The molecule has 1 aromatic rings. The van der Waals surface area contributed by atoms with E-state index < -0.39 is 0 Å². The van der Waals surface area contributed by atoms with Gasteiger partial charge in [0.2, 0.25) is 0 Å². The van der Waals surface area contributed by atoms with E-state index in [9.17, 15) is 4.79 Å². The number of carbonyl (C=O) groups is 1. The molecular formula is C10H8Br2N4O. The molecular weight excluding hydrogens is 352 g/mol. The summed E-state index contributed by atoms with van der Waals surface area (Å²) in [5.41, 5.74) is 3.70. The largest absolute Gasteiger partial charge is 0.278 e. The summed E-state index contributed by atoms with van der Waals surface area (Å²) in [6.07, 6.45) is 6.42. The first-order valence-electron chi connectivity index (χ1n) is 4.72. The van der Waals surface area contributed by atoms with E-state index in [0.29, 0.717) is 11.0 Å². The highest BCUT2D eigenvalue weighted by atomic mass is 79.9. The highest BCUT2D eigenvalue weighted by Crippen LogP contribution is 2.16. The van der Waals surface area contributed by atoms with Crippen molar-refractivity contribution in [1.29, 1.82) is 0 Å². The number of amides is 1. The molecule has 1 amide bonds. The lowest BCUT2D eigenvalue weighted by atomic mass is 10.3. The Hall–Kier alpha value is -1.21. The normalized spacial score (nSPS) is 15.3. The van der Waals surface area contributed by atoms with Crippen LogP contribution in [-0.2, 0) is 11.3 Å². The van der Waals surface area contributed by atoms with Gasteiger partial charge in [-0.15, -0.1) is 0 Å². The van der Waals surface area contributed by atoms with Gasteiger partial charge < -0.3 is 0 Å². The van der Waals surface area contributed by atoms with Crippen LogP contribution in [0.15, 0.2) is 38.6 Å². The van der Waals surface area contributed by atoms with Crippen LogP contribution in [-0.4, -0.2) is 22.2 Å². The molecule has 0 saturated carbocycles. The minimum absolute atomic E-state index is 0.229. The number of rotatable bonds is 2. The molecule has 0 bridgehead atoms. The molecule has 0 saturated heterocycles. The Morgan fingerprint density at radius 1 is 1.41 bits per heavy atom. The highest BCUT2D eigenvalue weighted by Gasteiger charge is 2.13. The van der Waals surface area contributed by atoms with Gasteiger partial charge in [0.1, 0.15) is 10.8 Å². The molecule has 0 radical (unpaired) electrons. The minimum Gasteiger partial charge on any atom is -0.270 e. The summed E-state index contributed by atoms with van der Waals surface area (Å²) in [6, 6.07) is 1.87. The van der Waals surface area contributed by atoms with Crippen molar-refractivity contribution in [1.82, 2.24) is 15.4 Å². The van der Waals surface area contributed by atoms with Crippen LogP contribution >= 0.6 is 31.9 Å². The van der Waals surface area contributed by atoms with Gasteiger partial charge in [0.25, 0.3) is 5.91 Å². The zero-order valence-corrected chi connectivity index (χ0v) is 11.8. The van der Waals surface area contributed by atoms with Gasteiger partial charge in [-0.05, 0) is 43.5 Å². The van der Waals surface area contributed by atoms with Crippen LogP contribution in [0, 0.1) is 0 Å². The van der Waals surface area contributed by atoms with Crippen LogP contribution < -0.4 is 5.43 Å². The van der Waals surface area contributed by atoms with E-state index in [1.165, 1.54) is 6.20 Å². The average molecular weight is 360 g/mol. The summed E-state index contributed by atoms with van der Waals surface area (Å²) in [5.74, 6) is -0.229. The quantitative estimate of drug-likeness (QED) is 0.878. The smallest absolute Gasteiger partial charge is 0.270 e. The number of hydrazine groups is 1. The Morgan fingerprint density at radius 3 is 3.00 bits per heavy atom. The Morgan fingerprint density at radius 2 is 2.24 bits per heavy atom. The third-order valence-corrected chi connectivity index (χ3v) is 3.33. The van der Waals surface area contributed by atoms with Crippen molar-refractivity contribution < 1.29 is 4.79 Å². The fourth-order valence-electron chi connectivity index (χ4n) is 1.25. The molecule has 0 aromatic carbocycles. The molecule has 1 aliphatic rings. The first-order valence-corrected chi connectivity index (χ1v) is 6.30. The van der Waals surface area contributed by atoms with Gasteiger partial charge in [-0.2, -0.15) is 0 Å². The fraction of sp³-hybridized carbons (Fsp3) is 0.100. The molecule has 2 heterocycles. The molecule has 1 aliphatic heterocycles. The van der Waals surface area contributed by atoms with E-state index in [-0.39, 0.29) is 5.91 Å². The molecule has 1 aromatic heterocycles. The van der Waals surface area contributed by atoms with Crippen LogP contribution in [0.5, 0.6) is 0 Å². The number of nitrogens with zero attached hydrogens (tertiary/aromatic N) is 3. The first-order chi connectivity index (χ1) is 8.16. The maximum Gasteiger partial charge on any atom is 0.278 e. The van der Waals surface area contributed by atoms with Gasteiger partial charge in [0, 0.05) is 23.1 Å². The van der Waals surface area contributed by atoms with Crippen LogP contribution in [0.25, 0.3) is 0 Å². The van der Waals surface area contributed by atoms with E-state index in [1.807, 2.05) is 6.07 Å². The summed E-state index contributed by atoms with van der Waals surface area (Å²) in [5, 5.41) is 1.60. The molecule has 17 heavy (non-hydrogen) atoms. The summed E-state index contributed by atoms with van der Waals surface area (Å²) in [6.45, 7) is 0.506. The molecule has 0 unspecified atom stereocenters. The number of hydrogen-bond acceptors (Lipinski definition) is 4. The Labute approximate surface area is 115 Å². The standard InChI is InChI=1S/C10H8Br2N4O/c11-8-3-13-2-1-7(8)5-16-6-14-4-9(12)10(17)15-16/h1-4,6H,5H2,(H,15,17). The lowest BCUT2D eigenvalue weighted by molar-refractivity contribution is -0.119. The molecule has 88 valence electrons. The van der Waals surface area contributed by atoms with Gasteiger partial charge in [-0.3, -0.25) is 20.2 Å². The van der Waals surface area contributed by atoms with E-state index in [0.717, 1.165) is 10.0 Å². The topological polar surface area (TPSA) is 57.6 Å². The second-order valence-corrected chi connectivity index (χ2v) is 4.99. The number of pyridine rings is 1. The van der Waals surface area contributed by atoms with Crippen molar-refractivity contribution in [2.45, 2.75) is 6.54 Å². The summed E-state index contributed by atoms with van der Waals surface area (Å²) < 4.78 is 1.28. The van der Waals surface area contributed by atoms with Crippen LogP contribution in [0.4, 0.5) is 0 Å². The Kier molecular flexibility index (Phi) is 3.90.